The molecule has 6 nitrogen and oxygen atoms in total. The first-order valence-corrected chi connectivity index (χ1v) is 7.03. The number of nitro benzene ring substituents is 1. The van der Waals surface area contributed by atoms with Crippen molar-refractivity contribution in [1.82, 2.24) is 9.55 Å². The predicted octanol–water partition coefficient (Wildman–Crippen LogP) is 3.13. The van der Waals surface area contributed by atoms with Gasteiger partial charge in [0.15, 0.2) is 0 Å². The molecule has 1 heterocycles. The summed E-state index contributed by atoms with van der Waals surface area (Å²) in [5.41, 5.74) is 8.62. The number of nitro groups is 1. The number of fused-ring (bicyclic) bond motifs is 1. The summed E-state index contributed by atoms with van der Waals surface area (Å²) in [4.78, 5) is 15.0. The van der Waals surface area contributed by atoms with Gasteiger partial charge < -0.3 is 10.3 Å². The van der Waals surface area contributed by atoms with E-state index in [-0.39, 0.29) is 11.7 Å². The molecule has 0 aliphatic heterocycles. The molecule has 2 aromatic carbocycles. The normalized spacial score (nSPS) is 12.5. The quantitative estimate of drug-likeness (QED) is 0.592. The monoisotopic (exact) mass is 296 g/mol. The van der Waals surface area contributed by atoms with E-state index in [1.54, 1.807) is 12.1 Å². The van der Waals surface area contributed by atoms with Crippen LogP contribution in [0.4, 0.5) is 5.69 Å². The highest BCUT2D eigenvalue weighted by atomic mass is 16.6. The Kier molecular flexibility index (Phi) is 3.60. The van der Waals surface area contributed by atoms with E-state index in [1.165, 1.54) is 12.1 Å². The minimum absolute atomic E-state index is 0.0679. The zero-order chi connectivity index (χ0) is 15.7. The first-order chi connectivity index (χ1) is 10.6. The SMILES string of the molecule is CC(CN)n1c(-c2ccc([N+](=O)[O-])cc2)nc2ccccc21. The summed E-state index contributed by atoms with van der Waals surface area (Å²) >= 11 is 0. The van der Waals surface area contributed by atoms with Crippen molar-refractivity contribution in [3.63, 3.8) is 0 Å². The zero-order valence-electron chi connectivity index (χ0n) is 12.1. The molecule has 22 heavy (non-hydrogen) atoms. The van der Waals surface area contributed by atoms with Crippen molar-refractivity contribution in [2.45, 2.75) is 13.0 Å². The van der Waals surface area contributed by atoms with Crippen LogP contribution in [0.15, 0.2) is 48.5 Å². The average Bonchev–Trinajstić information content (AvgIpc) is 2.93. The number of hydrogen-bond donors (Lipinski definition) is 1. The van der Waals surface area contributed by atoms with Crippen LogP contribution in [0.3, 0.4) is 0 Å². The Labute approximate surface area is 127 Å². The topological polar surface area (TPSA) is 87.0 Å². The number of nitrogens with two attached hydrogens (primary N) is 1. The molecule has 0 radical (unpaired) electrons. The van der Waals surface area contributed by atoms with Gasteiger partial charge in [0.05, 0.1) is 16.0 Å². The molecule has 112 valence electrons. The van der Waals surface area contributed by atoms with Crippen molar-refractivity contribution in [2.24, 2.45) is 5.73 Å². The van der Waals surface area contributed by atoms with Gasteiger partial charge >= 0.3 is 0 Å². The smallest absolute Gasteiger partial charge is 0.269 e. The summed E-state index contributed by atoms with van der Waals surface area (Å²) < 4.78 is 2.08. The third-order valence-electron chi connectivity index (χ3n) is 3.71. The van der Waals surface area contributed by atoms with Crippen LogP contribution in [0.2, 0.25) is 0 Å². The lowest BCUT2D eigenvalue weighted by atomic mass is 10.2. The number of para-hydroxylation sites is 2. The first-order valence-electron chi connectivity index (χ1n) is 7.03. The number of nitrogens with zero attached hydrogens (tertiary/aromatic N) is 3. The van der Waals surface area contributed by atoms with Crippen molar-refractivity contribution in [1.29, 1.82) is 0 Å². The summed E-state index contributed by atoms with van der Waals surface area (Å²) in [5, 5.41) is 10.8. The van der Waals surface area contributed by atoms with Crippen LogP contribution < -0.4 is 5.73 Å². The molecule has 2 N–H and O–H groups in total. The van der Waals surface area contributed by atoms with Crippen molar-refractivity contribution >= 4 is 16.7 Å². The lowest BCUT2D eigenvalue weighted by Crippen LogP contribution is -2.16. The molecular weight excluding hydrogens is 280 g/mol. The Morgan fingerprint density at radius 2 is 1.91 bits per heavy atom. The Hall–Kier alpha value is -2.73. The molecule has 3 aromatic rings. The van der Waals surface area contributed by atoms with E-state index in [9.17, 15) is 10.1 Å². The number of non-ortho nitro benzene ring substituents is 1. The van der Waals surface area contributed by atoms with E-state index in [0.717, 1.165) is 22.4 Å². The Morgan fingerprint density at radius 3 is 2.55 bits per heavy atom. The van der Waals surface area contributed by atoms with Crippen molar-refractivity contribution in [2.75, 3.05) is 6.54 Å². The van der Waals surface area contributed by atoms with E-state index < -0.39 is 4.92 Å². The molecular formula is C16H16N4O2. The largest absolute Gasteiger partial charge is 0.328 e. The summed E-state index contributed by atoms with van der Waals surface area (Å²) in [6.45, 7) is 2.52. The third-order valence-corrected chi connectivity index (χ3v) is 3.71. The summed E-state index contributed by atoms with van der Waals surface area (Å²) in [6, 6.07) is 14.4. The molecule has 0 amide bonds. The van der Waals surface area contributed by atoms with Gasteiger partial charge in [-0.25, -0.2) is 4.98 Å². The molecule has 0 fully saturated rings. The molecule has 1 aromatic heterocycles. The molecule has 1 unspecified atom stereocenters. The lowest BCUT2D eigenvalue weighted by Gasteiger charge is -2.15. The summed E-state index contributed by atoms with van der Waals surface area (Å²) in [7, 11) is 0. The van der Waals surface area contributed by atoms with E-state index in [1.807, 2.05) is 31.2 Å². The van der Waals surface area contributed by atoms with Crippen LogP contribution in [-0.4, -0.2) is 21.0 Å². The van der Waals surface area contributed by atoms with Crippen LogP contribution in [0, 0.1) is 10.1 Å². The van der Waals surface area contributed by atoms with Crippen LogP contribution >= 0.6 is 0 Å². The number of hydrogen-bond acceptors (Lipinski definition) is 4. The maximum atomic E-state index is 10.8. The van der Waals surface area contributed by atoms with E-state index >= 15 is 0 Å². The second-order valence-corrected chi connectivity index (χ2v) is 5.18. The van der Waals surface area contributed by atoms with E-state index in [4.69, 9.17) is 5.73 Å². The number of imidazole rings is 1. The highest BCUT2D eigenvalue weighted by Crippen LogP contribution is 2.29. The first kappa shape index (κ1) is 14.2. The van der Waals surface area contributed by atoms with Gasteiger partial charge in [0, 0.05) is 30.3 Å². The fourth-order valence-electron chi connectivity index (χ4n) is 2.53. The maximum Gasteiger partial charge on any atom is 0.269 e. The minimum Gasteiger partial charge on any atom is -0.328 e. The van der Waals surface area contributed by atoms with Gasteiger partial charge in [-0.15, -0.1) is 0 Å². The molecule has 3 rings (SSSR count). The van der Waals surface area contributed by atoms with E-state index in [2.05, 4.69) is 9.55 Å². The molecule has 0 aliphatic rings. The van der Waals surface area contributed by atoms with Gasteiger partial charge in [-0.2, -0.15) is 0 Å². The summed E-state index contributed by atoms with van der Waals surface area (Å²) in [6.07, 6.45) is 0. The second kappa shape index (κ2) is 5.57. The highest BCUT2D eigenvalue weighted by molar-refractivity contribution is 5.81. The molecule has 0 saturated heterocycles. The molecule has 6 heteroatoms. The number of aromatic nitrogens is 2. The minimum atomic E-state index is -0.407. The fourth-order valence-corrected chi connectivity index (χ4v) is 2.53. The van der Waals surface area contributed by atoms with Gasteiger partial charge in [-0.3, -0.25) is 10.1 Å². The van der Waals surface area contributed by atoms with Gasteiger partial charge in [-0.1, -0.05) is 12.1 Å². The zero-order valence-corrected chi connectivity index (χ0v) is 12.1. The van der Waals surface area contributed by atoms with Crippen LogP contribution in [0.25, 0.3) is 22.4 Å². The fraction of sp³-hybridized carbons (Fsp3) is 0.188. The van der Waals surface area contributed by atoms with Crippen LogP contribution in [0.5, 0.6) is 0 Å². The average molecular weight is 296 g/mol. The van der Waals surface area contributed by atoms with Crippen LogP contribution in [-0.2, 0) is 0 Å². The van der Waals surface area contributed by atoms with Crippen molar-refractivity contribution < 1.29 is 4.92 Å². The predicted molar refractivity (Wildman–Crippen MR) is 85.6 cm³/mol. The van der Waals surface area contributed by atoms with Crippen LogP contribution in [0.1, 0.15) is 13.0 Å². The van der Waals surface area contributed by atoms with Crippen molar-refractivity contribution in [3.05, 3.63) is 58.6 Å². The maximum absolute atomic E-state index is 10.8. The third kappa shape index (κ3) is 2.33. The molecule has 1 atom stereocenters. The number of rotatable bonds is 4. The Bertz CT molecular complexity index is 824. The molecule has 0 bridgehead atoms. The van der Waals surface area contributed by atoms with Gasteiger partial charge in [0.2, 0.25) is 0 Å². The number of benzene rings is 2. The summed E-state index contributed by atoms with van der Waals surface area (Å²) in [5.74, 6) is 0.772. The van der Waals surface area contributed by atoms with Gasteiger partial charge in [0.25, 0.3) is 5.69 Å². The molecule has 0 spiro atoms. The standard InChI is InChI=1S/C16H16N4O2/c1-11(10-17)19-15-5-3-2-4-14(15)18-16(19)12-6-8-13(9-7-12)20(21)22/h2-9,11H,10,17H2,1H3. The van der Waals surface area contributed by atoms with Gasteiger partial charge in [-0.05, 0) is 31.2 Å². The van der Waals surface area contributed by atoms with Crippen molar-refractivity contribution in [3.8, 4) is 11.4 Å². The molecule has 0 saturated carbocycles. The van der Waals surface area contributed by atoms with Gasteiger partial charge in [0.1, 0.15) is 5.82 Å². The highest BCUT2D eigenvalue weighted by Gasteiger charge is 2.17. The van der Waals surface area contributed by atoms with E-state index in [0.29, 0.717) is 6.54 Å². The molecule has 0 aliphatic carbocycles. The Morgan fingerprint density at radius 1 is 1.23 bits per heavy atom. The second-order valence-electron chi connectivity index (χ2n) is 5.18. The lowest BCUT2D eigenvalue weighted by molar-refractivity contribution is -0.384. The Balaban J connectivity index is 2.19.